The van der Waals surface area contributed by atoms with Gasteiger partial charge in [0.2, 0.25) is 5.88 Å². The molecule has 3 aromatic rings. The molecule has 0 radical (unpaired) electrons. The molecular formula is C14H9BrN2O2S. The van der Waals surface area contributed by atoms with Gasteiger partial charge in [0, 0.05) is 4.47 Å². The van der Waals surface area contributed by atoms with Crippen LogP contribution in [0.4, 0.5) is 0 Å². The van der Waals surface area contributed by atoms with Crippen molar-refractivity contribution >= 4 is 27.3 Å². The Morgan fingerprint density at radius 3 is 2.55 bits per heavy atom. The Bertz CT molecular complexity index is 795. The van der Waals surface area contributed by atoms with Crippen LogP contribution in [0.15, 0.2) is 51.0 Å². The fourth-order valence-corrected chi connectivity index (χ4v) is 2.80. The van der Waals surface area contributed by atoms with E-state index >= 15 is 0 Å². The number of nitrogens with zero attached hydrogens (tertiary/aromatic N) is 1. The Labute approximate surface area is 126 Å². The molecule has 4 nitrogen and oxygen atoms in total. The molecule has 0 amide bonds. The summed E-state index contributed by atoms with van der Waals surface area (Å²) in [6.07, 6.45) is 0. The Balaban J connectivity index is 2.14. The van der Waals surface area contributed by atoms with E-state index < -0.39 is 0 Å². The van der Waals surface area contributed by atoms with Crippen LogP contribution in [0.25, 0.3) is 21.8 Å². The van der Waals surface area contributed by atoms with Crippen molar-refractivity contribution in [2.75, 3.05) is 0 Å². The third kappa shape index (κ3) is 2.39. The maximum Gasteiger partial charge on any atom is 0.262 e. The fourth-order valence-electron chi connectivity index (χ4n) is 1.87. The molecule has 0 saturated carbocycles. The van der Waals surface area contributed by atoms with Crippen LogP contribution in [0, 0.1) is 0 Å². The maximum atomic E-state index is 12.2. The molecule has 0 atom stereocenters. The summed E-state index contributed by atoms with van der Waals surface area (Å²) in [4.78, 5) is 19.8. The normalized spacial score (nSPS) is 10.7. The molecule has 0 unspecified atom stereocenters. The van der Waals surface area contributed by atoms with E-state index in [2.05, 4.69) is 25.9 Å². The zero-order valence-corrected chi connectivity index (χ0v) is 12.5. The lowest BCUT2D eigenvalue weighted by Crippen LogP contribution is -2.11. The van der Waals surface area contributed by atoms with Crippen LogP contribution in [-0.4, -0.2) is 15.1 Å². The molecule has 0 saturated heterocycles. The van der Waals surface area contributed by atoms with Gasteiger partial charge in [0.05, 0.1) is 4.88 Å². The van der Waals surface area contributed by atoms with Gasteiger partial charge in [-0.05, 0) is 29.1 Å². The number of halogens is 1. The van der Waals surface area contributed by atoms with Gasteiger partial charge in [-0.2, -0.15) is 4.98 Å². The third-order valence-corrected chi connectivity index (χ3v) is 4.19. The van der Waals surface area contributed by atoms with E-state index in [4.69, 9.17) is 0 Å². The summed E-state index contributed by atoms with van der Waals surface area (Å²) in [7, 11) is 0. The van der Waals surface area contributed by atoms with E-state index in [0.717, 1.165) is 9.35 Å². The Morgan fingerprint density at radius 1 is 1.20 bits per heavy atom. The zero-order valence-electron chi connectivity index (χ0n) is 10.1. The molecule has 0 bridgehead atoms. The van der Waals surface area contributed by atoms with Gasteiger partial charge >= 0.3 is 0 Å². The molecule has 0 aliphatic heterocycles. The Kier molecular flexibility index (Phi) is 3.42. The van der Waals surface area contributed by atoms with E-state index in [0.29, 0.717) is 11.4 Å². The number of aromatic nitrogens is 2. The molecule has 0 aliphatic rings. The first-order valence-corrected chi connectivity index (χ1v) is 7.45. The largest absolute Gasteiger partial charge is 0.493 e. The van der Waals surface area contributed by atoms with Crippen LogP contribution in [0.1, 0.15) is 0 Å². The lowest BCUT2D eigenvalue weighted by molar-refractivity contribution is 0.454. The highest BCUT2D eigenvalue weighted by molar-refractivity contribution is 9.10. The van der Waals surface area contributed by atoms with Crippen molar-refractivity contribution in [3.63, 3.8) is 0 Å². The minimum atomic E-state index is -0.358. The van der Waals surface area contributed by atoms with Crippen molar-refractivity contribution in [1.82, 2.24) is 9.97 Å². The van der Waals surface area contributed by atoms with Crippen LogP contribution < -0.4 is 5.56 Å². The summed E-state index contributed by atoms with van der Waals surface area (Å²) in [5.74, 6) is 0.114. The minimum absolute atomic E-state index is 0.179. The van der Waals surface area contributed by atoms with Crippen molar-refractivity contribution < 1.29 is 5.11 Å². The topological polar surface area (TPSA) is 66.0 Å². The molecule has 20 heavy (non-hydrogen) atoms. The van der Waals surface area contributed by atoms with Crippen molar-refractivity contribution in [2.45, 2.75) is 0 Å². The number of thiophene rings is 1. The molecule has 6 heteroatoms. The van der Waals surface area contributed by atoms with Gasteiger partial charge in [0.1, 0.15) is 5.56 Å². The smallest absolute Gasteiger partial charge is 0.262 e. The molecule has 3 rings (SSSR count). The maximum absolute atomic E-state index is 12.2. The van der Waals surface area contributed by atoms with Gasteiger partial charge in [-0.25, -0.2) is 0 Å². The number of benzene rings is 1. The predicted molar refractivity (Wildman–Crippen MR) is 83.0 cm³/mol. The molecule has 0 spiro atoms. The van der Waals surface area contributed by atoms with Crippen LogP contribution in [0.2, 0.25) is 0 Å². The first-order chi connectivity index (χ1) is 9.65. The number of nitrogens with one attached hydrogen (secondary N) is 1. The second kappa shape index (κ2) is 5.22. The van der Waals surface area contributed by atoms with Crippen molar-refractivity contribution in [3.05, 3.63) is 56.6 Å². The van der Waals surface area contributed by atoms with Crippen LogP contribution in [-0.2, 0) is 0 Å². The van der Waals surface area contributed by atoms with E-state index in [1.54, 1.807) is 24.3 Å². The lowest BCUT2D eigenvalue weighted by Gasteiger charge is -2.05. The number of hydrogen-bond acceptors (Lipinski definition) is 4. The van der Waals surface area contributed by atoms with Crippen LogP contribution in [0.5, 0.6) is 5.88 Å². The Hall–Kier alpha value is -1.92. The molecule has 1 aromatic carbocycles. The molecule has 0 fully saturated rings. The average molecular weight is 349 g/mol. The highest BCUT2D eigenvalue weighted by atomic mass is 79.9. The van der Waals surface area contributed by atoms with E-state index in [-0.39, 0.29) is 17.0 Å². The highest BCUT2D eigenvalue weighted by Crippen LogP contribution is 2.28. The quantitative estimate of drug-likeness (QED) is 0.742. The summed E-state index contributed by atoms with van der Waals surface area (Å²) in [6, 6.07) is 10.8. The number of H-pyrrole nitrogens is 1. The zero-order chi connectivity index (χ0) is 14.1. The average Bonchev–Trinajstić information content (AvgIpc) is 2.94. The fraction of sp³-hybridized carbons (Fsp3) is 0. The summed E-state index contributed by atoms with van der Waals surface area (Å²) in [5.41, 5.74) is 0.443. The van der Waals surface area contributed by atoms with Gasteiger partial charge in [-0.3, -0.25) is 4.79 Å². The molecule has 2 N–H and O–H groups in total. The second-order valence-electron chi connectivity index (χ2n) is 4.10. The van der Waals surface area contributed by atoms with Gasteiger partial charge < -0.3 is 10.1 Å². The van der Waals surface area contributed by atoms with Gasteiger partial charge in [0.25, 0.3) is 5.56 Å². The van der Waals surface area contributed by atoms with Gasteiger partial charge in [-0.1, -0.05) is 34.1 Å². The van der Waals surface area contributed by atoms with Crippen molar-refractivity contribution in [1.29, 1.82) is 0 Å². The first-order valence-electron chi connectivity index (χ1n) is 5.78. The van der Waals surface area contributed by atoms with E-state index in [1.165, 1.54) is 11.3 Å². The van der Waals surface area contributed by atoms with Crippen LogP contribution >= 0.6 is 27.3 Å². The second-order valence-corrected chi connectivity index (χ2v) is 5.96. The highest BCUT2D eigenvalue weighted by Gasteiger charge is 2.14. The lowest BCUT2D eigenvalue weighted by atomic mass is 10.1. The molecule has 100 valence electrons. The third-order valence-electron chi connectivity index (χ3n) is 2.79. The summed E-state index contributed by atoms with van der Waals surface area (Å²) < 4.78 is 0.903. The van der Waals surface area contributed by atoms with Crippen molar-refractivity contribution in [2.24, 2.45) is 0 Å². The molecular weight excluding hydrogens is 340 g/mol. The minimum Gasteiger partial charge on any atom is -0.493 e. The first kappa shape index (κ1) is 13.1. The van der Waals surface area contributed by atoms with Gasteiger partial charge in [-0.15, -0.1) is 11.3 Å². The van der Waals surface area contributed by atoms with Gasteiger partial charge in [0.15, 0.2) is 5.82 Å². The molecule has 2 heterocycles. The number of rotatable bonds is 2. The number of hydrogen-bond donors (Lipinski definition) is 2. The SMILES string of the molecule is O=c1[nH]c(-c2cccs2)nc(O)c1-c1ccc(Br)cc1. The predicted octanol–water partition coefficient (Wildman–Crippen LogP) is 3.63. The summed E-state index contributed by atoms with van der Waals surface area (Å²) >= 11 is 4.78. The summed E-state index contributed by atoms with van der Waals surface area (Å²) in [6.45, 7) is 0. The van der Waals surface area contributed by atoms with E-state index in [1.807, 2.05) is 17.5 Å². The van der Waals surface area contributed by atoms with E-state index in [9.17, 15) is 9.90 Å². The molecule has 0 aliphatic carbocycles. The number of aromatic amines is 1. The monoisotopic (exact) mass is 348 g/mol. The van der Waals surface area contributed by atoms with Crippen LogP contribution in [0.3, 0.4) is 0 Å². The number of aromatic hydroxyl groups is 1. The van der Waals surface area contributed by atoms with Crippen molar-refractivity contribution in [3.8, 4) is 27.7 Å². The standard InChI is InChI=1S/C14H9BrN2O2S/c15-9-5-3-8(4-6-9)11-13(18)16-12(17-14(11)19)10-2-1-7-20-10/h1-7H,(H2,16,17,18,19). The summed E-state index contributed by atoms with van der Waals surface area (Å²) in [5, 5.41) is 11.9. The Morgan fingerprint density at radius 2 is 1.95 bits per heavy atom. The molecule has 2 aromatic heterocycles.